The second kappa shape index (κ2) is 7.09. The van der Waals surface area contributed by atoms with E-state index in [-0.39, 0.29) is 16.7 Å². The fraction of sp³-hybridized carbons (Fsp3) is 0.474. The SMILES string of the molecule is CS(=O)(=O)c1cccc(C(=O)N2CCc3oc(C4CCOCC4)nc3C2)c1. The van der Waals surface area contributed by atoms with Crippen molar-refractivity contribution < 1.29 is 22.4 Å². The van der Waals surface area contributed by atoms with E-state index in [1.807, 2.05) is 0 Å². The highest BCUT2D eigenvalue weighted by atomic mass is 32.2. The van der Waals surface area contributed by atoms with Crippen LogP contribution in [-0.2, 0) is 27.5 Å². The summed E-state index contributed by atoms with van der Waals surface area (Å²) < 4.78 is 34.8. The van der Waals surface area contributed by atoms with E-state index in [1.54, 1.807) is 17.0 Å². The van der Waals surface area contributed by atoms with Crippen molar-refractivity contribution in [2.75, 3.05) is 26.0 Å². The molecule has 0 unspecified atom stereocenters. The smallest absolute Gasteiger partial charge is 0.254 e. The highest BCUT2D eigenvalue weighted by Gasteiger charge is 2.29. The molecule has 0 aliphatic carbocycles. The Bertz CT molecular complexity index is 960. The minimum absolute atomic E-state index is 0.147. The molecule has 1 aromatic carbocycles. The summed E-state index contributed by atoms with van der Waals surface area (Å²) in [6.07, 6.45) is 3.56. The zero-order valence-corrected chi connectivity index (χ0v) is 16.0. The van der Waals surface area contributed by atoms with Crippen molar-refractivity contribution >= 4 is 15.7 Å². The maximum absolute atomic E-state index is 12.9. The molecule has 0 bridgehead atoms. The van der Waals surface area contributed by atoms with Crippen molar-refractivity contribution in [2.45, 2.75) is 36.6 Å². The number of carbonyl (C=O) groups is 1. The molecule has 0 radical (unpaired) electrons. The summed E-state index contributed by atoms with van der Waals surface area (Å²) in [6, 6.07) is 6.17. The fourth-order valence-electron chi connectivity index (χ4n) is 3.55. The van der Waals surface area contributed by atoms with Crippen LogP contribution >= 0.6 is 0 Å². The number of carbonyl (C=O) groups excluding carboxylic acids is 1. The van der Waals surface area contributed by atoms with E-state index in [9.17, 15) is 13.2 Å². The zero-order valence-electron chi connectivity index (χ0n) is 15.2. The van der Waals surface area contributed by atoms with Gasteiger partial charge in [0.1, 0.15) is 11.5 Å². The standard InChI is InChI=1S/C19H22N2O5S/c1-27(23,24)15-4-2-3-14(11-15)19(22)21-8-5-17-16(12-21)20-18(26-17)13-6-9-25-10-7-13/h2-4,11,13H,5-10,12H2,1H3. The summed E-state index contributed by atoms with van der Waals surface area (Å²) in [5.74, 6) is 1.68. The molecule has 27 heavy (non-hydrogen) atoms. The molecule has 0 spiro atoms. The molecular weight excluding hydrogens is 368 g/mol. The van der Waals surface area contributed by atoms with Crippen molar-refractivity contribution in [3.8, 4) is 0 Å². The van der Waals surface area contributed by atoms with Crippen LogP contribution in [0.25, 0.3) is 0 Å². The number of ether oxygens (including phenoxy) is 1. The molecule has 2 aliphatic rings. The van der Waals surface area contributed by atoms with Crippen molar-refractivity contribution in [2.24, 2.45) is 0 Å². The first-order valence-corrected chi connectivity index (χ1v) is 11.0. The monoisotopic (exact) mass is 390 g/mol. The summed E-state index contributed by atoms with van der Waals surface area (Å²) >= 11 is 0. The number of nitrogens with zero attached hydrogens (tertiary/aromatic N) is 2. The summed E-state index contributed by atoms with van der Waals surface area (Å²) in [5, 5.41) is 0. The maximum Gasteiger partial charge on any atom is 0.254 e. The summed E-state index contributed by atoms with van der Waals surface area (Å²) in [7, 11) is -3.36. The fourth-order valence-corrected chi connectivity index (χ4v) is 4.22. The van der Waals surface area contributed by atoms with Crippen LogP contribution in [0, 0.1) is 0 Å². The Balaban J connectivity index is 1.52. The third-order valence-corrected chi connectivity index (χ3v) is 6.22. The molecule has 4 rings (SSSR count). The minimum Gasteiger partial charge on any atom is -0.445 e. The number of hydrogen-bond donors (Lipinski definition) is 0. The van der Waals surface area contributed by atoms with E-state index in [1.165, 1.54) is 12.1 Å². The quantitative estimate of drug-likeness (QED) is 0.798. The number of hydrogen-bond acceptors (Lipinski definition) is 6. The van der Waals surface area contributed by atoms with E-state index in [0.717, 1.165) is 49.7 Å². The lowest BCUT2D eigenvalue weighted by Gasteiger charge is -2.25. The van der Waals surface area contributed by atoms with Crippen molar-refractivity contribution in [1.82, 2.24) is 9.88 Å². The molecule has 7 nitrogen and oxygen atoms in total. The van der Waals surface area contributed by atoms with Gasteiger partial charge in [-0.25, -0.2) is 13.4 Å². The molecule has 0 atom stereocenters. The van der Waals surface area contributed by atoms with Gasteiger partial charge in [0.25, 0.3) is 5.91 Å². The molecule has 2 aliphatic heterocycles. The van der Waals surface area contributed by atoms with Crippen molar-refractivity contribution in [3.05, 3.63) is 47.2 Å². The Hall–Kier alpha value is -2.19. The van der Waals surface area contributed by atoms with Crippen LogP contribution in [0.1, 0.15) is 46.5 Å². The van der Waals surface area contributed by atoms with Crippen molar-refractivity contribution in [3.63, 3.8) is 0 Å². The summed E-state index contributed by atoms with van der Waals surface area (Å²) in [5.41, 5.74) is 1.17. The molecule has 0 saturated carbocycles. The van der Waals surface area contributed by atoms with Crippen LogP contribution < -0.4 is 0 Å². The Kier molecular flexibility index (Phi) is 4.77. The van der Waals surface area contributed by atoms with Crippen LogP contribution in [0.2, 0.25) is 0 Å². The lowest BCUT2D eigenvalue weighted by molar-refractivity contribution is 0.0725. The lowest BCUT2D eigenvalue weighted by Crippen LogP contribution is -2.35. The molecule has 1 fully saturated rings. The van der Waals surface area contributed by atoms with Gasteiger partial charge in [-0.3, -0.25) is 4.79 Å². The van der Waals surface area contributed by atoms with Gasteiger partial charge < -0.3 is 14.1 Å². The number of oxazole rings is 1. The summed E-state index contributed by atoms with van der Waals surface area (Å²) in [6.45, 7) is 2.35. The van der Waals surface area contributed by atoms with Gasteiger partial charge >= 0.3 is 0 Å². The van der Waals surface area contributed by atoms with Gasteiger partial charge in [0.2, 0.25) is 0 Å². The molecule has 0 N–H and O–H groups in total. The topological polar surface area (TPSA) is 89.7 Å². The van der Waals surface area contributed by atoms with Gasteiger partial charge in [-0.1, -0.05) is 6.07 Å². The zero-order chi connectivity index (χ0) is 19.0. The highest BCUT2D eigenvalue weighted by Crippen LogP contribution is 2.30. The number of benzene rings is 1. The lowest BCUT2D eigenvalue weighted by atomic mass is 10.0. The molecule has 8 heteroatoms. The first-order chi connectivity index (χ1) is 12.9. The predicted molar refractivity (Wildman–Crippen MR) is 97.3 cm³/mol. The Morgan fingerprint density at radius 3 is 2.78 bits per heavy atom. The molecule has 1 saturated heterocycles. The molecule has 3 heterocycles. The molecular formula is C19H22N2O5S. The molecule has 2 aromatic rings. The third-order valence-electron chi connectivity index (χ3n) is 5.11. The van der Waals surface area contributed by atoms with Crippen LogP contribution in [0.4, 0.5) is 0 Å². The third kappa shape index (κ3) is 3.77. The number of fused-ring (bicyclic) bond motifs is 1. The van der Waals surface area contributed by atoms with Gasteiger partial charge in [-0.05, 0) is 31.0 Å². The first kappa shape index (κ1) is 18.2. The van der Waals surface area contributed by atoms with Crippen LogP contribution in [-0.4, -0.2) is 50.2 Å². The molecule has 1 amide bonds. The summed E-state index contributed by atoms with van der Waals surface area (Å²) in [4.78, 5) is 19.3. The van der Waals surface area contributed by atoms with Crippen molar-refractivity contribution in [1.29, 1.82) is 0 Å². The minimum atomic E-state index is -3.36. The van der Waals surface area contributed by atoms with E-state index in [4.69, 9.17) is 9.15 Å². The van der Waals surface area contributed by atoms with E-state index in [2.05, 4.69) is 4.98 Å². The van der Waals surface area contributed by atoms with E-state index < -0.39 is 9.84 Å². The van der Waals surface area contributed by atoms with Gasteiger partial charge in [0, 0.05) is 43.9 Å². The van der Waals surface area contributed by atoms with Gasteiger partial charge in [0.15, 0.2) is 15.7 Å². The van der Waals surface area contributed by atoms with E-state index in [0.29, 0.717) is 25.1 Å². The van der Waals surface area contributed by atoms with Gasteiger partial charge in [0.05, 0.1) is 11.4 Å². The Labute approximate surface area is 158 Å². The average molecular weight is 390 g/mol. The first-order valence-electron chi connectivity index (χ1n) is 9.07. The Morgan fingerprint density at radius 2 is 2.04 bits per heavy atom. The van der Waals surface area contributed by atoms with Crippen LogP contribution in [0.3, 0.4) is 0 Å². The van der Waals surface area contributed by atoms with Crippen LogP contribution in [0.15, 0.2) is 33.6 Å². The maximum atomic E-state index is 12.9. The second-order valence-corrected chi connectivity index (χ2v) is 9.10. The van der Waals surface area contributed by atoms with Gasteiger partial charge in [-0.15, -0.1) is 0 Å². The number of sulfone groups is 1. The second-order valence-electron chi connectivity index (χ2n) is 7.09. The normalized spacial score (nSPS) is 18.3. The number of amides is 1. The average Bonchev–Trinajstić information content (AvgIpc) is 3.11. The number of aromatic nitrogens is 1. The molecule has 144 valence electrons. The van der Waals surface area contributed by atoms with E-state index >= 15 is 0 Å². The van der Waals surface area contributed by atoms with Gasteiger partial charge in [-0.2, -0.15) is 0 Å². The van der Waals surface area contributed by atoms with Crippen LogP contribution in [0.5, 0.6) is 0 Å². The predicted octanol–water partition coefficient (Wildman–Crippen LogP) is 2.17. The Morgan fingerprint density at radius 1 is 1.26 bits per heavy atom. The largest absolute Gasteiger partial charge is 0.445 e. The molecule has 1 aromatic heterocycles. The highest BCUT2D eigenvalue weighted by molar-refractivity contribution is 7.90. The number of rotatable bonds is 3.